The number of thiophene rings is 1. The SMILES string of the molecule is CC(=O)N1C[C@H](NC(=O)[C@@H]2CC[C@@H]3C[C@]4(C)C[C@@H]4CC(NC(=O)c4cc5cc(CP(=O)(O)O)ccc5s4)C(=O)N32)[C@@H](F)C1. The highest BCUT2D eigenvalue weighted by molar-refractivity contribution is 7.50. The molecule has 0 bridgehead atoms. The molecule has 4 amide bonds. The molecule has 7 atom stereocenters. The highest BCUT2D eigenvalue weighted by Gasteiger charge is 2.57. The second-order valence-electron chi connectivity index (χ2n) is 12.9. The summed E-state index contributed by atoms with van der Waals surface area (Å²) in [6.45, 7) is 3.55. The molecule has 4 fully saturated rings. The summed E-state index contributed by atoms with van der Waals surface area (Å²) >= 11 is 1.23. The van der Waals surface area contributed by atoms with E-state index in [0.717, 1.165) is 17.5 Å². The van der Waals surface area contributed by atoms with Crippen LogP contribution in [0.25, 0.3) is 10.1 Å². The second kappa shape index (κ2) is 10.9. The van der Waals surface area contributed by atoms with Gasteiger partial charge in [0, 0.05) is 24.2 Å². The fraction of sp³-hybridized carbons (Fsp3) is 0.586. The number of fused-ring (bicyclic) bond motifs is 3. The van der Waals surface area contributed by atoms with Gasteiger partial charge >= 0.3 is 7.60 Å². The minimum atomic E-state index is -4.25. The Balaban J connectivity index is 1.20. The molecule has 1 saturated carbocycles. The molecule has 1 aromatic carbocycles. The molecule has 0 radical (unpaired) electrons. The van der Waals surface area contributed by atoms with E-state index in [-0.39, 0.29) is 42.3 Å². The molecule has 2 aromatic rings. The monoisotopic (exact) mass is 634 g/mol. The Labute approximate surface area is 252 Å². The lowest BCUT2D eigenvalue weighted by molar-refractivity contribution is -0.143. The number of alkyl halides is 1. The van der Waals surface area contributed by atoms with Gasteiger partial charge in [-0.25, -0.2) is 4.39 Å². The molecule has 14 heteroatoms. The van der Waals surface area contributed by atoms with Crippen molar-refractivity contribution in [1.82, 2.24) is 20.4 Å². The third kappa shape index (κ3) is 6.09. The van der Waals surface area contributed by atoms with E-state index in [1.54, 1.807) is 29.2 Å². The molecule has 4 N–H and O–H groups in total. The highest BCUT2D eigenvalue weighted by Crippen LogP contribution is 2.60. The number of carbonyl (C=O) groups excluding carboxylic acids is 4. The maximum atomic E-state index is 14.6. The van der Waals surface area contributed by atoms with E-state index in [1.165, 1.54) is 23.2 Å². The molecule has 1 aromatic heterocycles. The third-order valence-electron chi connectivity index (χ3n) is 9.64. The first-order valence-electron chi connectivity index (χ1n) is 14.6. The zero-order valence-corrected chi connectivity index (χ0v) is 25.7. The molecule has 3 saturated heterocycles. The summed E-state index contributed by atoms with van der Waals surface area (Å²) in [7, 11) is -4.25. The Morgan fingerprint density at radius 2 is 1.91 bits per heavy atom. The number of likely N-dealkylation sites (tertiary alicyclic amines) is 1. The van der Waals surface area contributed by atoms with Crippen molar-refractivity contribution in [2.75, 3.05) is 13.1 Å². The van der Waals surface area contributed by atoms with Crippen LogP contribution in [-0.2, 0) is 25.1 Å². The summed E-state index contributed by atoms with van der Waals surface area (Å²) < 4.78 is 26.9. The van der Waals surface area contributed by atoms with Gasteiger partial charge in [-0.1, -0.05) is 13.0 Å². The van der Waals surface area contributed by atoms with Crippen molar-refractivity contribution in [3.8, 4) is 0 Å². The van der Waals surface area contributed by atoms with Gasteiger partial charge in [-0.3, -0.25) is 23.7 Å². The maximum Gasteiger partial charge on any atom is 0.329 e. The van der Waals surface area contributed by atoms with E-state index in [0.29, 0.717) is 35.1 Å². The average molecular weight is 635 g/mol. The van der Waals surface area contributed by atoms with E-state index in [1.807, 2.05) is 0 Å². The van der Waals surface area contributed by atoms with Crippen LogP contribution in [0.1, 0.15) is 61.2 Å². The predicted octanol–water partition coefficient (Wildman–Crippen LogP) is 2.54. The third-order valence-corrected chi connectivity index (χ3v) is 11.5. The van der Waals surface area contributed by atoms with Crippen LogP contribution in [0.4, 0.5) is 4.39 Å². The van der Waals surface area contributed by atoms with Crippen molar-refractivity contribution >= 4 is 52.6 Å². The number of nitrogens with one attached hydrogen (secondary N) is 2. The van der Waals surface area contributed by atoms with Gasteiger partial charge < -0.3 is 30.2 Å². The van der Waals surface area contributed by atoms with E-state index >= 15 is 0 Å². The van der Waals surface area contributed by atoms with Crippen molar-refractivity contribution in [1.29, 1.82) is 0 Å². The summed E-state index contributed by atoms with van der Waals surface area (Å²) in [6, 6.07) is 4.03. The molecule has 4 heterocycles. The first-order chi connectivity index (χ1) is 20.2. The zero-order chi connectivity index (χ0) is 30.8. The minimum Gasteiger partial charge on any atom is -0.347 e. The molecule has 1 aliphatic carbocycles. The molecule has 43 heavy (non-hydrogen) atoms. The van der Waals surface area contributed by atoms with Gasteiger partial charge in [0.1, 0.15) is 18.3 Å². The second-order valence-corrected chi connectivity index (χ2v) is 15.6. The number of hydrogen-bond donors (Lipinski definition) is 4. The van der Waals surface area contributed by atoms with Gasteiger partial charge in [-0.15, -0.1) is 11.3 Å². The highest BCUT2D eigenvalue weighted by atomic mass is 32.1. The number of benzene rings is 1. The Morgan fingerprint density at radius 1 is 1.14 bits per heavy atom. The minimum absolute atomic E-state index is 0.0162. The molecule has 6 rings (SSSR count). The first kappa shape index (κ1) is 30.2. The zero-order valence-electron chi connectivity index (χ0n) is 24.0. The molecule has 232 valence electrons. The molecule has 1 unspecified atom stereocenters. The summed E-state index contributed by atoms with van der Waals surface area (Å²) in [5.41, 5.74) is 0.478. The van der Waals surface area contributed by atoms with E-state index in [4.69, 9.17) is 0 Å². The van der Waals surface area contributed by atoms with Gasteiger partial charge in [0.15, 0.2) is 0 Å². The Kier molecular flexibility index (Phi) is 7.68. The Morgan fingerprint density at radius 3 is 2.60 bits per heavy atom. The van der Waals surface area contributed by atoms with Gasteiger partial charge in [0.25, 0.3) is 5.91 Å². The lowest BCUT2D eigenvalue weighted by Crippen LogP contribution is -2.58. The predicted molar refractivity (Wildman–Crippen MR) is 157 cm³/mol. The standard InChI is InChI=1S/C29H36FN4O7PS/c1-15(35)33-12-20(30)22(13-33)32-26(36)23-5-4-19-11-29(2)10-18(29)9-21(28(38)34(19)23)31-27(37)25-8-17-7-16(14-42(39,40)41)3-6-24(17)43-25/h3,6-8,18-23H,4-5,9-14H2,1-2H3,(H,31,37)(H,32,36)(H2,39,40,41)/t18-,19+,20-,21?,22-,23-,29-/m0/s1. The molecule has 4 aliphatic rings. The van der Waals surface area contributed by atoms with Crippen LogP contribution in [0.15, 0.2) is 24.3 Å². The molecule has 11 nitrogen and oxygen atoms in total. The van der Waals surface area contributed by atoms with Crippen LogP contribution < -0.4 is 10.6 Å². The van der Waals surface area contributed by atoms with E-state index in [2.05, 4.69) is 17.6 Å². The van der Waals surface area contributed by atoms with Crippen LogP contribution in [-0.4, -0.2) is 86.6 Å². The van der Waals surface area contributed by atoms with Gasteiger partial charge in [0.2, 0.25) is 17.7 Å². The first-order valence-corrected chi connectivity index (χ1v) is 17.2. The van der Waals surface area contributed by atoms with Crippen LogP contribution in [0, 0.1) is 11.3 Å². The van der Waals surface area contributed by atoms with Crippen molar-refractivity contribution in [2.24, 2.45) is 11.3 Å². The number of hydrogen-bond acceptors (Lipinski definition) is 6. The van der Waals surface area contributed by atoms with Crippen molar-refractivity contribution in [2.45, 2.75) is 82.5 Å². The van der Waals surface area contributed by atoms with Crippen molar-refractivity contribution in [3.05, 3.63) is 34.7 Å². The Bertz CT molecular complexity index is 1550. The molecule has 3 aliphatic heterocycles. The fourth-order valence-corrected chi connectivity index (χ4v) is 8.85. The lowest BCUT2D eigenvalue weighted by atomic mass is 9.90. The number of nitrogens with zero attached hydrogens (tertiary/aromatic N) is 2. The van der Waals surface area contributed by atoms with Crippen LogP contribution in [0.5, 0.6) is 0 Å². The average Bonchev–Trinajstić information content (AvgIpc) is 3.31. The number of halogens is 1. The fourth-order valence-electron chi connectivity index (χ4n) is 7.23. The van der Waals surface area contributed by atoms with Gasteiger partial charge in [0.05, 0.1) is 23.6 Å². The van der Waals surface area contributed by atoms with Gasteiger partial charge in [-0.2, -0.15) is 0 Å². The maximum absolute atomic E-state index is 14.6. The number of carbonyl (C=O) groups is 4. The number of rotatable bonds is 6. The lowest BCUT2D eigenvalue weighted by Gasteiger charge is -2.37. The number of amides is 4. The molecular formula is C29H36FN4O7PS. The van der Waals surface area contributed by atoms with Crippen LogP contribution in [0.3, 0.4) is 0 Å². The molecule has 0 spiro atoms. The summed E-state index contributed by atoms with van der Waals surface area (Å²) in [6.07, 6.45) is 1.46. The van der Waals surface area contributed by atoms with E-state index in [9.17, 15) is 37.9 Å². The smallest absolute Gasteiger partial charge is 0.329 e. The van der Waals surface area contributed by atoms with Crippen LogP contribution >= 0.6 is 18.9 Å². The van der Waals surface area contributed by atoms with Gasteiger partial charge in [-0.05, 0) is 72.6 Å². The molecular weight excluding hydrogens is 598 g/mol. The summed E-state index contributed by atoms with van der Waals surface area (Å²) in [5.74, 6) is -1.16. The normalized spacial score (nSPS) is 32.2. The largest absolute Gasteiger partial charge is 0.347 e. The summed E-state index contributed by atoms with van der Waals surface area (Å²) in [4.78, 5) is 74.7. The van der Waals surface area contributed by atoms with Crippen LogP contribution in [0.2, 0.25) is 0 Å². The van der Waals surface area contributed by atoms with Crippen molar-refractivity contribution in [3.63, 3.8) is 0 Å². The topological polar surface area (TPSA) is 156 Å². The van der Waals surface area contributed by atoms with Crippen molar-refractivity contribution < 1.29 is 37.9 Å². The van der Waals surface area contributed by atoms with E-state index < -0.39 is 49.9 Å². The Hall–Kier alpha value is -2.86. The quantitative estimate of drug-likeness (QED) is 0.356. The summed E-state index contributed by atoms with van der Waals surface area (Å²) in [5, 5.41) is 6.36.